The number of amides is 1. The highest BCUT2D eigenvalue weighted by atomic mass is 127. The molecular weight excluding hydrogens is 517 g/mol. The van der Waals surface area contributed by atoms with Crippen LogP contribution >= 0.6 is 30.1 Å². The second kappa shape index (κ2) is 11.6. The van der Waals surface area contributed by atoms with E-state index in [1.807, 2.05) is 21.2 Å². The quantitative estimate of drug-likeness (QED) is 0.224. The van der Waals surface area contributed by atoms with Crippen LogP contribution in [0, 0.1) is 5.92 Å². The summed E-state index contributed by atoms with van der Waals surface area (Å²) in [7, 11) is -2.56. The van der Waals surface area contributed by atoms with Gasteiger partial charge in [0.1, 0.15) is 11.2 Å². The Bertz CT molecular complexity index is 637. The topological polar surface area (TPSA) is 90.0 Å². The van der Waals surface area contributed by atoms with Crippen molar-refractivity contribution in [2.75, 3.05) is 18.1 Å². The van der Waals surface area contributed by atoms with Gasteiger partial charge in [0.05, 0.1) is 12.2 Å². The Kier molecular flexibility index (Phi) is 11.4. The molecule has 28 heavy (non-hydrogen) atoms. The summed E-state index contributed by atoms with van der Waals surface area (Å²) in [5.41, 5.74) is -1.49. The molecule has 0 saturated heterocycles. The maximum absolute atomic E-state index is 12.7. The molecule has 0 aliphatic heterocycles. The first-order valence-corrected chi connectivity index (χ1v) is 14.0. The number of sulfonamides is 1. The zero-order valence-corrected chi connectivity index (χ0v) is 21.3. The first-order chi connectivity index (χ1) is 12.6. The maximum atomic E-state index is 12.7. The molecule has 10 heteroatoms. The van der Waals surface area contributed by atoms with E-state index in [2.05, 4.69) is 6.58 Å². The number of hydrogen-bond donors (Lipinski definition) is 0. The summed E-state index contributed by atoms with van der Waals surface area (Å²) in [5, 5.41) is 0. The van der Waals surface area contributed by atoms with Crippen molar-refractivity contribution in [2.45, 2.75) is 65.6 Å². The SMILES string of the molecule is C=CCC(CC(=O)OC(C)(C)C)CN(C(=O)OC(C)(C)C)S(=O)(=O)CCSI. The predicted molar refractivity (Wildman–Crippen MR) is 122 cm³/mol. The van der Waals surface area contributed by atoms with Crippen LogP contribution in [0.5, 0.6) is 0 Å². The van der Waals surface area contributed by atoms with Gasteiger partial charge in [0.2, 0.25) is 10.0 Å². The molecule has 0 rings (SSSR count). The number of ether oxygens (including phenoxy) is 2. The lowest BCUT2D eigenvalue weighted by Gasteiger charge is -2.29. The van der Waals surface area contributed by atoms with Crippen LogP contribution in [0.15, 0.2) is 12.7 Å². The second-order valence-corrected chi connectivity index (χ2v) is 12.8. The van der Waals surface area contributed by atoms with E-state index in [1.54, 1.807) is 47.6 Å². The summed E-state index contributed by atoms with van der Waals surface area (Å²) >= 11 is 2.00. The Hall–Kier alpha value is -0.490. The molecule has 0 aliphatic rings. The summed E-state index contributed by atoms with van der Waals surface area (Å²) < 4.78 is 36.8. The summed E-state index contributed by atoms with van der Waals surface area (Å²) in [4.78, 5) is 24.8. The van der Waals surface area contributed by atoms with Gasteiger partial charge in [-0.3, -0.25) is 4.79 Å². The molecule has 1 atom stereocenters. The Labute approximate surface area is 185 Å². The fourth-order valence-corrected chi connectivity index (χ4v) is 5.81. The lowest BCUT2D eigenvalue weighted by atomic mass is 10.0. The van der Waals surface area contributed by atoms with Gasteiger partial charge in [0, 0.05) is 12.3 Å². The third kappa shape index (κ3) is 12.2. The minimum Gasteiger partial charge on any atom is -0.460 e. The smallest absolute Gasteiger partial charge is 0.424 e. The Morgan fingerprint density at radius 3 is 2.11 bits per heavy atom. The maximum Gasteiger partial charge on any atom is 0.424 e. The van der Waals surface area contributed by atoms with Crippen molar-refractivity contribution >= 4 is 52.2 Å². The minimum absolute atomic E-state index is 0.0286. The van der Waals surface area contributed by atoms with Crippen LogP contribution in [0.3, 0.4) is 0 Å². The van der Waals surface area contributed by atoms with Crippen molar-refractivity contribution in [3.05, 3.63) is 12.7 Å². The second-order valence-electron chi connectivity index (χ2n) is 8.32. The molecule has 1 amide bonds. The van der Waals surface area contributed by atoms with Crippen molar-refractivity contribution in [1.82, 2.24) is 4.31 Å². The fraction of sp³-hybridized carbons (Fsp3) is 0.778. The molecule has 0 spiro atoms. The van der Waals surface area contributed by atoms with Crippen LogP contribution in [0.2, 0.25) is 0 Å². The van der Waals surface area contributed by atoms with Gasteiger partial charge in [-0.15, -0.1) is 6.58 Å². The molecule has 0 radical (unpaired) electrons. The Morgan fingerprint density at radius 1 is 1.14 bits per heavy atom. The summed E-state index contributed by atoms with van der Waals surface area (Å²) in [6, 6.07) is 0. The van der Waals surface area contributed by atoms with Gasteiger partial charge in [-0.1, -0.05) is 15.0 Å². The molecule has 0 fully saturated rings. The fourth-order valence-electron chi connectivity index (χ4n) is 2.17. The highest BCUT2D eigenvalue weighted by Gasteiger charge is 2.34. The molecule has 0 aliphatic carbocycles. The van der Waals surface area contributed by atoms with E-state index < -0.39 is 39.2 Å². The molecule has 0 aromatic heterocycles. The molecule has 0 N–H and O–H groups in total. The van der Waals surface area contributed by atoms with Crippen molar-refractivity contribution in [2.24, 2.45) is 5.92 Å². The zero-order chi connectivity index (χ0) is 22.2. The van der Waals surface area contributed by atoms with Gasteiger partial charge in [-0.05, 0) is 75.1 Å². The van der Waals surface area contributed by atoms with E-state index in [4.69, 9.17) is 9.47 Å². The van der Waals surface area contributed by atoms with E-state index >= 15 is 0 Å². The van der Waals surface area contributed by atoms with Crippen LogP contribution in [-0.4, -0.2) is 54.0 Å². The van der Waals surface area contributed by atoms with Gasteiger partial charge < -0.3 is 9.47 Å². The standard InChI is InChI=1S/C18H32INO6S2/c1-8-9-14(12-15(21)25-17(2,3)4)13-20(16(22)26-18(5,6)7)28(23,24)11-10-27-19/h8,14H,1,9-13H2,2-7H3. The first kappa shape index (κ1) is 27.5. The molecule has 0 saturated carbocycles. The van der Waals surface area contributed by atoms with Crippen molar-refractivity contribution < 1.29 is 27.5 Å². The number of hydrogen-bond acceptors (Lipinski definition) is 7. The third-order valence-electron chi connectivity index (χ3n) is 3.15. The van der Waals surface area contributed by atoms with E-state index in [1.165, 1.54) is 8.93 Å². The zero-order valence-electron chi connectivity index (χ0n) is 17.5. The monoisotopic (exact) mass is 549 g/mol. The number of carbonyl (C=O) groups is 2. The number of rotatable bonds is 10. The lowest BCUT2D eigenvalue weighted by Crippen LogP contribution is -2.45. The molecular formula is C18H32INO6S2. The summed E-state index contributed by atoms with van der Waals surface area (Å²) in [6.07, 6.45) is 0.980. The predicted octanol–water partition coefficient (Wildman–Crippen LogP) is 4.56. The minimum atomic E-state index is -3.89. The average Bonchev–Trinajstić information content (AvgIpc) is 2.46. The molecule has 7 nitrogen and oxygen atoms in total. The van der Waals surface area contributed by atoms with Gasteiger partial charge in [0.25, 0.3) is 0 Å². The average molecular weight is 549 g/mol. The van der Waals surface area contributed by atoms with Crippen molar-refractivity contribution in [3.8, 4) is 0 Å². The van der Waals surface area contributed by atoms with Gasteiger partial charge in [-0.25, -0.2) is 17.5 Å². The molecule has 1 unspecified atom stereocenters. The number of nitrogens with zero attached hydrogens (tertiary/aromatic N) is 1. The highest BCUT2D eigenvalue weighted by molar-refractivity contribution is 14.2. The van der Waals surface area contributed by atoms with Crippen LogP contribution in [0.25, 0.3) is 0 Å². The first-order valence-electron chi connectivity index (χ1n) is 8.91. The lowest BCUT2D eigenvalue weighted by molar-refractivity contribution is -0.156. The number of allylic oxidation sites excluding steroid dienone is 1. The van der Waals surface area contributed by atoms with E-state index in [0.717, 1.165) is 4.31 Å². The molecule has 0 bridgehead atoms. The molecule has 164 valence electrons. The van der Waals surface area contributed by atoms with Crippen LogP contribution in [-0.2, 0) is 24.3 Å². The third-order valence-corrected chi connectivity index (χ3v) is 6.78. The number of esters is 1. The van der Waals surface area contributed by atoms with Crippen LogP contribution in [0.1, 0.15) is 54.4 Å². The van der Waals surface area contributed by atoms with E-state index in [-0.39, 0.29) is 18.7 Å². The van der Waals surface area contributed by atoms with Gasteiger partial charge >= 0.3 is 12.1 Å². The largest absolute Gasteiger partial charge is 0.460 e. The molecule has 0 aromatic carbocycles. The Balaban J connectivity index is 5.56. The van der Waals surface area contributed by atoms with Crippen LogP contribution < -0.4 is 0 Å². The van der Waals surface area contributed by atoms with Crippen LogP contribution in [0.4, 0.5) is 4.79 Å². The van der Waals surface area contributed by atoms with Crippen molar-refractivity contribution in [3.63, 3.8) is 0 Å². The number of carbonyl (C=O) groups excluding carboxylic acids is 2. The van der Waals surface area contributed by atoms with E-state index in [9.17, 15) is 18.0 Å². The summed E-state index contributed by atoms with van der Waals surface area (Å²) in [6.45, 7) is 13.8. The normalized spacial score (nSPS) is 13.5. The van der Waals surface area contributed by atoms with Gasteiger partial charge in [-0.2, -0.15) is 0 Å². The Morgan fingerprint density at radius 2 is 1.68 bits per heavy atom. The molecule has 0 aromatic rings. The van der Waals surface area contributed by atoms with E-state index in [0.29, 0.717) is 12.2 Å². The summed E-state index contributed by atoms with van der Waals surface area (Å²) in [5.74, 6) is -0.779. The highest BCUT2D eigenvalue weighted by Crippen LogP contribution is 2.21. The number of halogens is 1. The van der Waals surface area contributed by atoms with Gasteiger partial charge in [0.15, 0.2) is 0 Å². The van der Waals surface area contributed by atoms with Crippen molar-refractivity contribution in [1.29, 1.82) is 0 Å². The molecule has 0 heterocycles.